The molecule has 2 aromatic rings. The third-order valence-corrected chi connectivity index (χ3v) is 2.64. The molecule has 0 amide bonds. The Labute approximate surface area is 113 Å². The molecular formula is C16H18FNO. The summed E-state index contributed by atoms with van der Waals surface area (Å²) in [4.78, 5) is 0. The smallest absolute Gasteiger partial charge is 0.123 e. The van der Waals surface area contributed by atoms with Crippen LogP contribution in [0.1, 0.15) is 19.4 Å². The Kier molecular flexibility index (Phi) is 4.39. The summed E-state index contributed by atoms with van der Waals surface area (Å²) in [5.41, 5.74) is 2.06. The van der Waals surface area contributed by atoms with Crippen LogP contribution in [-0.2, 0) is 6.54 Å². The maximum Gasteiger partial charge on any atom is 0.123 e. The molecule has 0 unspecified atom stereocenters. The van der Waals surface area contributed by atoms with E-state index in [4.69, 9.17) is 4.74 Å². The van der Waals surface area contributed by atoms with E-state index in [1.807, 2.05) is 38.1 Å². The number of benzene rings is 2. The molecule has 0 spiro atoms. The minimum Gasteiger partial charge on any atom is -0.491 e. The summed E-state index contributed by atoms with van der Waals surface area (Å²) in [6.07, 6.45) is 0.179. The first kappa shape index (κ1) is 13.4. The van der Waals surface area contributed by atoms with Crippen molar-refractivity contribution in [1.29, 1.82) is 0 Å². The van der Waals surface area contributed by atoms with Gasteiger partial charge >= 0.3 is 0 Å². The molecule has 1 N–H and O–H groups in total. The molecule has 2 nitrogen and oxygen atoms in total. The number of hydrogen-bond acceptors (Lipinski definition) is 2. The first-order chi connectivity index (χ1) is 9.13. The van der Waals surface area contributed by atoms with Crippen molar-refractivity contribution in [3.63, 3.8) is 0 Å². The van der Waals surface area contributed by atoms with Gasteiger partial charge in [-0.15, -0.1) is 0 Å². The van der Waals surface area contributed by atoms with Crippen molar-refractivity contribution in [1.82, 2.24) is 0 Å². The lowest BCUT2D eigenvalue weighted by atomic mass is 10.2. The minimum absolute atomic E-state index is 0.179. The number of nitrogens with one attached hydrogen (secondary N) is 1. The second-order valence-electron chi connectivity index (χ2n) is 4.67. The average molecular weight is 259 g/mol. The lowest BCUT2D eigenvalue weighted by molar-refractivity contribution is 0.242. The molecule has 0 atom stereocenters. The summed E-state index contributed by atoms with van der Waals surface area (Å²) < 4.78 is 18.3. The highest BCUT2D eigenvalue weighted by Gasteiger charge is 1.98. The third kappa shape index (κ3) is 4.28. The van der Waals surface area contributed by atoms with Gasteiger partial charge in [0.1, 0.15) is 11.6 Å². The number of rotatable bonds is 5. The van der Waals surface area contributed by atoms with Gasteiger partial charge in [0.05, 0.1) is 6.10 Å². The zero-order valence-electron chi connectivity index (χ0n) is 11.2. The van der Waals surface area contributed by atoms with Crippen LogP contribution in [0.5, 0.6) is 5.75 Å². The first-order valence-electron chi connectivity index (χ1n) is 6.38. The van der Waals surface area contributed by atoms with E-state index < -0.39 is 0 Å². The van der Waals surface area contributed by atoms with Crippen LogP contribution in [0.4, 0.5) is 10.1 Å². The average Bonchev–Trinajstić information content (AvgIpc) is 2.39. The molecule has 0 fully saturated rings. The summed E-state index contributed by atoms with van der Waals surface area (Å²) in [7, 11) is 0. The molecule has 0 aliphatic carbocycles. The molecule has 0 saturated heterocycles. The number of anilines is 1. The molecule has 2 aromatic carbocycles. The lowest BCUT2D eigenvalue weighted by Crippen LogP contribution is -2.05. The first-order valence-corrected chi connectivity index (χ1v) is 6.38. The van der Waals surface area contributed by atoms with Gasteiger partial charge in [0.2, 0.25) is 0 Å². The van der Waals surface area contributed by atoms with Crippen molar-refractivity contribution in [3.8, 4) is 5.75 Å². The molecule has 0 heterocycles. The SMILES string of the molecule is CC(C)Oc1ccc(NCc2ccc(F)cc2)cc1. The van der Waals surface area contributed by atoms with Crippen LogP contribution < -0.4 is 10.1 Å². The summed E-state index contributed by atoms with van der Waals surface area (Å²) in [5, 5.41) is 3.28. The van der Waals surface area contributed by atoms with Crippen molar-refractivity contribution < 1.29 is 9.13 Å². The molecule has 0 saturated carbocycles. The molecule has 100 valence electrons. The lowest BCUT2D eigenvalue weighted by Gasteiger charge is -2.11. The van der Waals surface area contributed by atoms with Gasteiger partial charge in [-0.3, -0.25) is 0 Å². The van der Waals surface area contributed by atoms with Gasteiger partial charge in [-0.25, -0.2) is 4.39 Å². The number of halogens is 1. The van der Waals surface area contributed by atoms with Crippen LogP contribution in [0.2, 0.25) is 0 Å². The van der Waals surface area contributed by atoms with Crippen LogP contribution in [-0.4, -0.2) is 6.10 Å². The zero-order chi connectivity index (χ0) is 13.7. The fourth-order valence-corrected chi connectivity index (χ4v) is 1.73. The van der Waals surface area contributed by atoms with E-state index in [0.717, 1.165) is 17.0 Å². The fraction of sp³-hybridized carbons (Fsp3) is 0.250. The maximum absolute atomic E-state index is 12.8. The Hall–Kier alpha value is -2.03. The van der Waals surface area contributed by atoms with E-state index in [-0.39, 0.29) is 11.9 Å². The van der Waals surface area contributed by atoms with Gasteiger partial charge in [0, 0.05) is 12.2 Å². The normalized spacial score (nSPS) is 10.5. The third-order valence-electron chi connectivity index (χ3n) is 2.64. The molecule has 0 aromatic heterocycles. The van der Waals surface area contributed by atoms with Crippen molar-refractivity contribution in [2.45, 2.75) is 26.5 Å². The Morgan fingerprint density at radius 1 is 1.00 bits per heavy atom. The van der Waals surface area contributed by atoms with Gasteiger partial charge < -0.3 is 10.1 Å². The summed E-state index contributed by atoms with van der Waals surface area (Å²) in [6.45, 7) is 4.67. The Morgan fingerprint density at radius 2 is 1.63 bits per heavy atom. The zero-order valence-corrected chi connectivity index (χ0v) is 11.2. The van der Waals surface area contributed by atoms with Crippen molar-refractivity contribution in [2.24, 2.45) is 0 Å². The van der Waals surface area contributed by atoms with Gasteiger partial charge in [-0.05, 0) is 55.8 Å². The van der Waals surface area contributed by atoms with Gasteiger partial charge in [-0.1, -0.05) is 12.1 Å². The van der Waals surface area contributed by atoms with E-state index in [1.165, 1.54) is 12.1 Å². The minimum atomic E-state index is -0.209. The van der Waals surface area contributed by atoms with Crippen molar-refractivity contribution in [2.75, 3.05) is 5.32 Å². The van der Waals surface area contributed by atoms with Gasteiger partial charge in [0.15, 0.2) is 0 Å². The summed E-state index contributed by atoms with van der Waals surface area (Å²) in [6, 6.07) is 14.3. The molecule has 0 bridgehead atoms. The second kappa shape index (κ2) is 6.23. The molecule has 3 heteroatoms. The fourth-order valence-electron chi connectivity index (χ4n) is 1.73. The van der Waals surface area contributed by atoms with Gasteiger partial charge in [-0.2, -0.15) is 0 Å². The molecule has 2 rings (SSSR count). The summed E-state index contributed by atoms with van der Waals surface area (Å²) >= 11 is 0. The monoisotopic (exact) mass is 259 g/mol. The van der Waals surface area contributed by atoms with Crippen LogP contribution in [0.3, 0.4) is 0 Å². The standard InChI is InChI=1S/C16H18FNO/c1-12(2)19-16-9-7-15(8-10-16)18-11-13-3-5-14(17)6-4-13/h3-10,12,18H,11H2,1-2H3. The number of hydrogen-bond donors (Lipinski definition) is 1. The summed E-state index contributed by atoms with van der Waals surface area (Å²) in [5.74, 6) is 0.654. The number of ether oxygens (including phenoxy) is 1. The van der Waals surface area contributed by atoms with Crippen LogP contribution >= 0.6 is 0 Å². The van der Waals surface area contributed by atoms with E-state index >= 15 is 0 Å². The van der Waals surface area contributed by atoms with Gasteiger partial charge in [0.25, 0.3) is 0 Å². The van der Waals surface area contributed by atoms with E-state index in [9.17, 15) is 4.39 Å². The molecule has 0 aliphatic heterocycles. The Balaban J connectivity index is 1.91. The van der Waals surface area contributed by atoms with Crippen LogP contribution in [0, 0.1) is 5.82 Å². The van der Waals surface area contributed by atoms with E-state index in [2.05, 4.69) is 5.32 Å². The largest absolute Gasteiger partial charge is 0.491 e. The second-order valence-corrected chi connectivity index (χ2v) is 4.67. The van der Waals surface area contributed by atoms with Crippen molar-refractivity contribution >= 4 is 5.69 Å². The molecule has 0 aliphatic rings. The van der Waals surface area contributed by atoms with Crippen molar-refractivity contribution in [3.05, 3.63) is 59.9 Å². The molecule has 19 heavy (non-hydrogen) atoms. The highest BCUT2D eigenvalue weighted by Crippen LogP contribution is 2.17. The predicted molar refractivity (Wildman–Crippen MR) is 75.9 cm³/mol. The van der Waals surface area contributed by atoms with Crippen LogP contribution in [0.25, 0.3) is 0 Å². The van der Waals surface area contributed by atoms with E-state index in [1.54, 1.807) is 12.1 Å². The van der Waals surface area contributed by atoms with Crippen LogP contribution in [0.15, 0.2) is 48.5 Å². The topological polar surface area (TPSA) is 21.3 Å². The Bertz CT molecular complexity index is 505. The quantitative estimate of drug-likeness (QED) is 0.867. The predicted octanol–water partition coefficient (Wildman–Crippen LogP) is 4.23. The highest BCUT2D eigenvalue weighted by atomic mass is 19.1. The van der Waals surface area contributed by atoms with E-state index in [0.29, 0.717) is 6.54 Å². The highest BCUT2D eigenvalue weighted by molar-refractivity contribution is 5.46. The Morgan fingerprint density at radius 3 is 2.21 bits per heavy atom. The molecule has 0 radical (unpaired) electrons. The maximum atomic E-state index is 12.8. The molecular weight excluding hydrogens is 241 g/mol.